The van der Waals surface area contributed by atoms with Crippen LogP contribution in [-0.2, 0) is 28.8 Å². The number of likely N-dealkylation sites (N-methyl/N-ethyl adjacent to an activating group) is 1. The molecule has 1 saturated carbocycles. The number of hydrogen-bond donors (Lipinski definition) is 8. The fraction of sp³-hybridized carbons (Fsp3) is 0.479. The molecule has 3 aromatic rings. The predicted octanol–water partition coefficient (Wildman–Crippen LogP) is 2.44. The number of aliphatic hydroxyl groups excluding tert-OH is 1. The number of ketones is 1. The van der Waals surface area contributed by atoms with Crippen molar-refractivity contribution in [2.24, 2.45) is 16.9 Å². The second-order valence-electron chi connectivity index (χ2n) is 18.6. The van der Waals surface area contributed by atoms with Gasteiger partial charge in [0.2, 0.25) is 23.6 Å². The number of β-amino-alcohol motifs (C(OH)–C–C–N with tert-alkyl or cyclic N) is 1. The third-order valence-corrected chi connectivity index (χ3v) is 13.0. The Morgan fingerprint density at radius 1 is 0.971 bits per heavy atom. The predicted molar refractivity (Wildman–Crippen MR) is 254 cm³/mol. The number of unbranched alkanes of at least 4 members (excludes halogenated alkanes) is 2. The number of nitrogens with two attached hydrogens (primary N) is 2. The maximum absolute atomic E-state index is 14.7. The molecule has 0 unspecified atom stereocenters. The number of carbonyl (C=O) groups is 8. The number of thiazole rings is 1. The summed E-state index contributed by atoms with van der Waals surface area (Å²) in [5.41, 5.74) is 11.1. The van der Waals surface area contributed by atoms with Gasteiger partial charge in [-0.15, -0.1) is 11.3 Å². The Kier molecular flexibility index (Phi) is 17.8. The van der Waals surface area contributed by atoms with Crippen LogP contribution in [0.3, 0.4) is 0 Å². The van der Waals surface area contributed by atoms with Crippen molar-refractivity contribution in [3.05, 3.63) is 82.1 Å². The minimum absolute atomic E-state index is 0.0178. The number of phenols is 1. The maximum atomic E-state index is 14.7. The van der Waals surface area contributed by atoms with E-state index in [1.807, 2.05) is 19.1 Å². The van der Waals surface area contributed by atoms with E-state index in [2.05, 4.69) is 26.3 Å². The van der Waals surface area contributed by atoms with Crippen LogP contribution in [0.4, 0.5) is 4.39 Å². The molecule has 0 bridgehead atoms. The number of alkyl halides is 1. The summed E-state index contributed by atoms with van der Waals surface area (Å²) < 4.78 is 14.7. The Morgan fingerprint density at radius 2 is 1.65 bits per heavy atom. The highest BCUT2D eigenvalue weighted by atomic mass is 32.1. The average molecular weight is 976 g/mol. The number of aliphatic hydroxyl groups is 1. The normalized spacial score (nSPS) is 17.3. The number of nitrogens with zero attached hydrogens (tertiary/aromatic N) is 3. The van der Waals surface area contributed by atoms with Crippen molar-refractivity contribution >= 4 is 58.5 Å². The van der Waals surface area contributed by atoms with Crippen molar-refractivity contribution in [3.63, 3.8) is 0 Å². The van der Waals surface area contributed by atoms with E-state index < -0.39 is 82.1 Å². The molecule has 2 heterocycles. The minimum atomic E-state index is -2.03. The lowest BCUT2D eigenvalue weighted by atomic mass is 9.85. The van der Waals surface area contributed by atoms with Crippen LogP contribution in [0.1, 0.15) is 110 Å². The van der Waals surface area contributed by atoms with Crippen LogP contribution in [0.2, 0.25) is 0 Å². The van der Waals surface area contributed by atoms with Gasteiger partial charge in [0.25, 0.3) is 17.7 Å². The molecule has 69 heavy (non-hydrogen) atoms. The second-order valence-corrected chi connectivity index (χ2v) is 19.4. The molecule has 1 aliphatic carbocycles. The van der Waals surface area contributed by atoms with Gasteiger partial charge in [0, 0.05) is 57.7 Å². The van der Waals surface area contributed by atoms with Crippen molar-refractivity contribution in [3.8, 4) is 16.2 Å². The van der Waals surface area contributed by atoms with Crippen molar-refractivity contribution in [2.45, 2.75) is 109 Å². The van der Waals surface area contributed by atoms with E-state index in [4.69, 9.17) is 11.5 Å². The number of benzene rings is 2. The zero-order valence-electron chi connectivity index (χ0n) is 39.4. The third kappa shape index (κ3) is 14.4. The summed E-state index contributed by atoms with van der Waals surface area (Å²) in [5, 5.41) is 32.3. The number of amides is 7. The van der Waals surface area contributed by atoms with E-state index in [0.717, 1.165) is 28.3 Å². The van der Waals surface area contributed by atoms with E-state index in [1.165, 1.54) is 40.3 Å². The Balaban J connectivity index is 1.11. The smallest absolute Gasteiger partial charge is 0.264 e. The average Bonchev–Trinajstić information content (AvgIpc) is 3.70. The monoisotopic (exact) mass is 975 g/mol. The number of halogens is 1. The Bertz CT molecular complexity index is 2450. The maximum Gasteiger partial charge on any atom is 0.264 e. The lowest BCUT2D eigenvalue weighted by Gasteiger charge is -2.36. The topological polar surface area (TPSA) is 297 Å². The number of aromatic nitrogens is 1. The van der Waals surface area contributed by atoms with Crippen LogP contribution in [0.15, 0.2) is 59.7 Å². The largest absolute Gasteiger partial charge is 0.507 e. The van der Waals surface area contributed by atoms with Gasteiger partial charge in [0.05, 0.1) is 40.2 Å². The first-order chi connectivity index (χ1) is 32.5. The molecular weight excluding hydrogens is 914 g/mol. The summed E-state index contributed by atoms with van der Waals surface area (Å²) >= 11 is 1.48. The number of allylic oxidation sites excluding steroid dienone is 1. The molecule has 2 aliphatic rings. The van der Waals surface area contributed by atoms with Gasteiger partial charge in [-0.1, -0.05) is 51.5 Å². The number of primary amides is 1. The number of nitrogens with one attached hydrogen (secondary N) is 4. The summed E-state index contributed by atoms with van der Waals surface area (Å²) in [7, 11) is 1.48. The molecule has 0 spiro atoms. The highest BCUT2D eigenvalue weighted by Gasteiger charge is 2.53. The Morgan fingerprint density at radius 3 is 2.26 bits per heavy atom. The molecule has 19 nitrogen and oxygen atoms in total. The van der Waals surface area contributed by atoms with Gasteiger partial charge in [0.1, 0.15) is 23.5 Å². The van der Waals surface area contributed by atoms with Crippen molar-refractivity contribution in [1.29, 1.82) is 0 Å². The van der Waals surface area contributed by atoms with Crippen LogP contribution in [0.5, 0.6) is 5.75 Å². The van der Waals surface area contributed by atoms with E-state index in [9.17, 15) is 53.0 Å². The first-order valence-electron chi connectivity index (χ1n) is 22.7. The van der Waals surface area contributed by atoms with Crippen LogP contribution >= 0.6 is 11.3 Å². The summed E-state index contributed by atoms with van der Waals surface area (Å²) in [6.45, 7) is 7.39. The van der Waals surface area contributed by atoms with Crippen molar-refractivity contribution in [1.82, 2.24) is 36.1 Å². The number of likely N-dealkylation sites (tertiary alicyclic amines) is 1. The molecule has 7 amide bonds. The van der Waals surface area contributed by atoms with E-state index >= 15 is 0 Å². The zero-order valence-corrected chi connectivity index (χ0v) is 40.3. The molecule has 10 N–H and O–H groups in total. The highest BCUT2D eigenvalue weighted by Crippen LogP contribution is 2.40. The van der Waals surface area contributed by atoms with Gasteiger partial charge in [-0.05, 0) is 67.3 Å². The van der Waals surface area contributed by atoms with Crippen LogP contribution in [-0.4, -0.2) is 129 Å². The lowest BCUT2D eigenvalue weighted by molar-refractivity contribution is -0.145. The second kappa shape index (κ2) is 23.0. The number of aryl methyl sites for hydroxylation is 1. The lowest BCUT2D eigenvalue weighted by Crippen LogP contribution is -2.59. The molecule has 372 valence electrons. The summed E-state index contributed by atoms with van der Waals surface area (Å²) in [6.07, 6.45) is 1.50. The molecule has 1 saturated heterocycles. The number of rotatable bonds is 22. The first-order valence-corrected chi connectivity index (χ1v) is 23.6. The molecule has 2 aromatic carbocycles. The van der Waals surface area contributed by atoms with Crippen LogP contribution < -0.4 is 32.7 Å². The standard InChI is InChI=1S/C48H62FN9O10S/c1-27-40(69-26-54-27)29-12-10-28(11-13-29)34(55-43(65)35-22-31(59)25-58(35)45(67)41(47(2,3)4)56-46(68)48(49)16-17-48)24-39(63)52-18-8-6-7-9-38(62)53-19-20-57(5)44(66)32-15-14-30(21-37(32)61)36(60)23-33(50)42(51)64/h10-15,21,23,26,31,34-35,41,59,61H,6-9,16-20,22,24-25,50H2,1-5H3,(H2,51,64)(H,52,63)(H,53,62)(H,55,65)(H,56,68)/t31-,34+,35+,41-/m1/s1. The Labute approximate surface area is 403 Å². The van der Waals surface area contributed by atoms with E-state index in [0.29, 0.717) is 24.8 Å². The number of phenolic OH excluding ortho intramolecular Hbond substituents is 1. The Hall–Kier alpha value is -6.74. The molecule has 1 aromatic heterocycles. The van der Waals surface area contributed by atoms with E-state index in [1.54, 1.807) is 38.4 Å². The fourth-order valence-corrected chi connectivity index (χ4v) is 8.49. The highest BCUT2D eigenvalue weighted by molar-refractivity contribution is 7.13. The van der Waals surface area contributed by atoms with Gasteiger partial charge < -0.3 is 52.7 Å². The molecule has 4 atom stereocenters. The van der Waals surface area contributed by atoms with Crippen LogP contribution in [0, 0.1) is 12.3 Å². The van der Waals surface area contributed by atoms with Gasteiger partial charge >= 0.3 is 0 Å². The summed E-state index contributed by atoms with van der Waals surface area (Å²) in [5.74, 6) is -5.43. The molecule has 5 rings (SSSR count). The van der Waals surface area contributed by atoms with Crippen molar-refractivity contribution in [2.75, 3.05) is 33.2 Å². The molecule has 0 radical (unpaired) electrons. The molecular formula is C48H62FN9O10S. The quantitative estimate of drug-likeness (QED) is 0.0409. The SMILES string of the molecule is Cc1ncsc1-c1ccc([C@H](CC(=O)NCCCCCC(=O)NCCN(C)C(=O)c2ccc(C(=O)C=C(N)C(N)=O)cc2O)NC(=O)[C@@H]2C[C@@H](O)CN2C(=O)[C@@H](NC(=O)C2(F)CC2)C(C)(C)C)cc1. The van der Waals surface area contributed by atoms with E-state index in [-0.39, 0.29) is 81.2 Å². The van der Waals surface area contributed by atoms with Gasteiger partial charge in [0.15, 0.2) is 11.5 Å². The fourth-order valence-electron chi connectivity index (χ4n) is 7.68. The van der Waals surface area contributed by atoms with Crippen molar-refractivity contribution < 1.29 is 53.0 Å². The number of hydrogen-bond acceptors (Lipinski definition) is 13. The zero-order chi connectivity index (χ0) is 50.8. The van der Waals surface area contributed by atoms with Gasteiger partial charge in [-0.2, -0.15) is 0 Å². The number of carbonyl (C=O) groups excluding carboxylic acids is 8. The first kappa shape index (κ1) is 53.2. The third-order valence-electron chi connectivity index (χ3n) is 12.0. The van der Waals surface area contributed by atoms with Gasteiger partial charge in [-0.3, -0.25) is 38.4 Å². The van der Waals surface area contributed by atoms with Crippen LogP contribution in [0.25, 0.3) is 10.4 Å². The minimum Gasteiger partial charge on any atom is -0.507 e. The number of aromatic hydroxyl groups is 1. The molecule has 1 aliphatic heterocycles. The molecule has 21 heteroatoms. The molecule has 2 fully saturated rings. The van der Waals surface area contributed by atoms with Gasteiger partial charge in [-0.25, -0.2) is 9.37 Å². The summed E-state index contributed by atoms with van der Waals surface area (Å²) in [4.78, 5) is 111. The summed E-state index contributed by atoms with van der Waals surface area (Å²) in [6, 6.07) is 7.80.